The molecule has 0 atom stereocenters. The van der Waals surface area contributed by atoms with E-state index in [9.17, 15) is 13.6 Å². The van der Waals surface area contributed by atoms with Crippen LogP contribution in [0.1, 0.15) is 37.2 Å². The van der Waals surface area contributed by atoms with Crippen molar-refractivity contribution in [2.75, 3.05) is 26.7 Å². The van der Waals surface area contributed by atoms with Gasteiger partial charge in [0.2, 0.25) is 5.91 Å². The molecule has 1 aliphatic rings. The summed E-state index contributed by atoms with van der Waals surface area (Å²) in [6, 6.07) is 1.19. The molecular weight excluding hydrogens is 306 g/mol. The molecule has 0 radical (unpaired) electrons. The Hall–Kier alpha value is -1.67. The number of hydrogen-bond acceptors (Lipinski definition) is 5. The van der Waals surface area contributed by atoms with Crippen molar-refractivity contribution in [2.24, 2.45) is 5.92 Å². The van der Waals surface area contributed by atoms with Crippen molar-refractivity contribution in [3.63, 3.8) is 0 Å². The third-order valence-corrected chi connectivity index (χ3v) is 3.93. The van der Waals surface area contributed by atoms with E-state index < -0.39 is 6.43 Å². The first-order valence-corrected chi connectivity index (χ1v) is 7.74. The van der Waals surface area contributed by atoms with Crippen LogP contribution in [-0.2, 0) is 16.1 Å². The zero-order chi connectivity index (χ0) is 16.7. The van der Waals surface area contributed by atoms with Gasteiger partial charge in [-0.25, -0.2) is 18.7 Å². The van der Waals surface area contributed by atoms with Gasteiger partial charge in [-0.05, 0) is 24.8 Å². The fourth-order valence-electron chi connectivity index (χ4n) is 2.60. The zero-order valence-corrected chi connectivity index (χ0v) is 13.2. The summed E-state index contributed by atoms with van der Waals surface area (Å²) in [4.78, 5) is 24.8. The van der Waals surface area contributed by atoms with Crippen molar-refractivity contribution in [1.82, 2.24) is 20.3 Å². The third kappa shape index (κ3) is 5.80. The molecule has 1 aromatic heterocycles. The van der Waals surface area contributed by atoms with Gasteiger partial charge in [-0.2, -0.15) is 5.06 Å². The summed E-state index contributed by atoms with van der Waals surface area (Å²) in [5.41, 5.74) is -0.286. The van der Waals surface area contributed by atoms with Crippen molar-refractivity contribution < 1.29 is 18.4 Å². The molecule has 0 bridgehead atoms. The van der Waals surface area contributed by atoms with E-state index in [0.29, 0.717) is 31.1 Å². The highest BCUT2D eigenvalue weighted by atomic mass is 19.3. The second-order valence-corrected chi connectivity index (χ2v) is 5.56. The van der Waals surface area contributed by atoms with Gasteiger partial charge in [0.1, 0.15) is 11.5 Å². The summed E-state index contributed by atoms with van der Waals surface area (Å²) < 4.78 is 25.1. The Kier molecular flexibility index (Phi) is 6.79. The number of piperidine rings is 1. The van der Waals surface area contributed by atoms with Gasteiger partial charge in [0.25, 0.3) is 6.43 Å². The van der Waals surface area contributed by atoms with Crippen molar-refractivity contribution in [3.8, 4) is 0 Å². The van der Waals surface area contributed by atoms with E-state index in [1.165, 1.54) is 12.3 Å². The normalized spacial score (nSPS) is 16.7. The molecule has 2 rings (SSSR count). The second-order valence-electron chi connectivity index (χ2n) is 5.56. The molecular formula is C15H22F2N4O2. The molecule has 23 heavy (non-hydrogen) atoms. The standard InChI is InChI=1S/C15H22F2N4O2/c1-23-21-8-4-11(5-9-21)10-14(22)19-7-3-13-18-6-2-12(20-13)15(16)17/h2,6,11,15H,3-5,7-10H2,1H3,(H,19,22). The fourth-order valence-corrected chi connectivity index (χ4v) is 2.60. The van der Waals surface area contributed by atoms with Crippen LogP contribution in [0.2, 0.25) is 0 Å². The monoisotopic (exact) mass is 328 g/mol. The van der Waals surface area contributed by atoms with Gasteiger partial charge in [0, 0.05) is 38.7 Å². The molecule has 1 amide bonds. The number of halogens is 2. The van der Waals surface area contributed by atoms with Gasteiger partial charge < -0.3 is 10.2 Å². The van der Waals surface area contributed by atoms with Crippen LogP contribution >= 0.6 is 0 Å². The Bertz CT molecular complexity index is 508. The number of alkyl halides is 2. The molecule has 1 saturated heterocycles. The van der Waals surface area contributed by atoms with Gasteiger partial charge in [0.15, 0.2) is 0 Å². The molecule has 1 aromatic rings. The lowest BCUT2D eigenvalue weighted by Crippen LogP contribution is -2.35. The SMILES string of the molecule is CON1CCC(CC(=O)NCCc2nccc(C(F)F)n2)CC1. The highest BCUT2D eigenvalue weighted by Crippen LogP contribution is 2.20. The second kappa shape index (κ2) is 8.83. The summed E-state index contributed by atoms with van der Waals surface area (Å²) >= 11 is 0. The Labute approximate surface area is 134 Å². The van der Waals surface area contributed by atoms with Gasteiger partial charge in [-0.15, -0.1) is 0 Å². The van der Waals surface area contributed by atoms with Crippen LogP contribution in [0.3, 0.4) is 0 Å². The number of hydrogen-bond donors (Lipinski definition) is 1. The van der Waals surface area contributed by atoms with Crippen LogP contribution in [0.5, 0.6) is 0 Å². The van der Waals surface area contributed by atoms with E-state index in [1.54, 1.807) is 7.11 Å². The first-order chi connectivity index (χ1) is 11.1. The molecule has 0 aromatic carbocycles. The van der Waals surface area contributed by atoms with Crippen LogP contribution in [0.15, 0.2) is 12.3 Å². The van der Waals surface area contributed by atoms with Gasteiger partial charge in [-0.3, -0.25) is 4.79 Å². The molecule has 0 aliphatic carbocycles. The predicted octanol–water partition coefficient (Wildman–Crippen LogP) is 1.74. The van der Waals surface area contributed by atoms with E-state index in [0.717, 1.165) is 25.9 Å². The average molecular weight is 328 g/mol. The van der Waals surface area contributed by atoms with Crippen molar-refractivity contribution in [2.45, 2.75) is 32.1 Å². The molecule has 2 heterocycles. The number of aromatic nitrogens is 2. The number of carbonyl (C=O) groups excluding carboxylic acids is 1. The maximum absolute atomic E-state index is 12.5. The predicted molar refractivity (Wildman–Crippen MR) is 79.6 cm³/mol. The molecule has 0 saturated carbocycles. The molecule has 8 heteroatoms. The quantitative estimate of drug-likeness (QED) is 0.826. The molecule has 6 nitrogen and oxygen atoms in total. The molecule has 1 aliphatic heterocycles. The zero-order valence-electron chi connectivity index (χ0n) is 13.2. The Morgan fingerprint density at radius 1 is 1.48 bits per heavy atom. The Morgan fingerprint density at radius 2 is 2.22 bits per heavy atom. The van der Waals surface area contributed by atoms with Crippen LogP contribution in [0.4, 0.5) is 8.78 Å². The number of nitrogens with zero attached hydrogens (tertiary/aromatic N) is 3. The lowest BCUT2D eigenvalue weighted by Gasteiger charge is -2.29. The van der Waals surface area contributed by atoms with E-state index in [-0.39, 0.29) is 11.6 Å². The maximum atomic E-state index is 12.5. The van der Waals surface area contributed by atoms with E-state index >= 15 is 0 Å². The van der Waals surface area contributed by atoms with Crippen molar-refractivity contribution >= 4 is 5.91 Å². The molecule has 128 valence electrons. The van der Waals surface area contributed by atoms with Crippen LogP contribution in [-0.4, -0.2) is 47.7 Å². The highest BCUT2D eigenvalue weighted by molar-refractivity contribution is 5.76. The van der Waals surface area contributed by atoms with Gasteiger partial charge in [0.05, 0.1) is 7.11 Å². The summed E-state index contributed by atoms with van der Waals surface area (Å²) in [7, 11) is 1.65. The summed E-state index contributed by atoms with van der Waals surface area (Å²) in [5.74, 6) is 0.655. The van der Waals surface area contributed by atoms with Crippen molar-refractivity contribution in [1.29, 1.82) is 0 Å². The summed E-state index contributed by atoms with van der Waals surface area (Å²) in [6.45, 7) is 2.02. The largest absolute Gasteiger partial charge is 0.356 e. The maximum Gasteiger partial charge on any atom is 0.280 e. The topological polar surface area (TPSA) is 67.3 Å². The molecule has 1 fully saturated rings. The molecule has 0 spiro atoms. The van der Waals surface area contributed by atoms with Crippen molar-refractivity contribution in [3.05, 3.63) is 23.8 Å². The minimum atomic E-state index is -2.61. The summed E-state index contributed by atoms with van der Waals surface area (Å²) in [5, 5.41) is 4.69. The molecule has 0 unspecified atom stereocenters. The Morgan fingerprint density at radius 3 is 2.87 bits per heavy atom. The number of carbonyl (C=O) groups is 1. The first-order valence-electron chi connectivity index (χ1n) is 7.74. The summed E-state index contributed by atoms with van der Waals surface area (Å²) in [6.07, 6.45) is 1.39. The van der Waals surface area contributed by atoms with Crippen LogP contribution < -0.4 is 5.32 Å². The number of nitrogens with one attached hydrogen (secondary N) is 1. The van der Waals surface area contributed by atoms with Gasteiger partial charge in [-0.1, -0.05) is 0 Å². The number of rotatable bonds is 7. The van der Waals surface area contributed by atoms with Crippen LogP contribution in [0.25, 0.3) is 0 Å². The lowest BCUT2D eigenvalue weighted by atomic mass is 9.94. The minimum absolute atomic E-state index is 0.0223. The van der Waals surface area contributed by atoms with Crippen LogP contribution in [0, 0.1) is 5.92 Å². The first kappa shape index (κ1) is 17.7. The number of amides is 1. The van der Waals surface area contributed by atoms with E-state index in [2.05, 4.69) is 15.3 Å². The fraction of sp³-hybridized carbons (Fsp3) is 0.667. The Balaban J connectivity index is 1.68. The average Bonchev–Trinajstić information content (AvgIpc) is 2.56. The highest BCUT2D eigenvalue weighted by Gasteiger charge is 2.21. The third-order valence-electron chi connectivity index (χ3n) is 3.93. The lowest BCUT2D eigenvalue weighted by molar-refractivity contribution is -0.149. The number of hydroxylamine groups is 2. The smallest absolute Gasteiger partial charge is 0.280 e. The minimum Gasteiger partial charge on any atom is -0.356 e. The van der Waals surface area contributed by atoms with Gasteiger partial charge >= 0.3 is 0 Å². The molecule has 1 N–H and O–H groups in total. The van der Waals surface area contributed by atoms with E-state index in [4.69, 9.17) is 4.84 Å². The van der Waals surface area contributed by atoms with E-state index in [1.807, 2.05) is 5.06 Å².